The summed E-state index contributed by atoms with van der Waals surface area (Å²) in [5.74, 6) is 0.409. The number of halogens is 4. The summed E-state index contributed by atoms with van der Waals surface area (Å²) in [5, 5.41) is 10.2. The lowest BCUT2D eigenvalue weighted by molar-refractivity contribution is -0.137. The first-order valence-corrected chi connectivity index (χ1v) is 9.93. The third kappa shape index (κ3) is 5.61. The van der Waals surface area contributed by atoms with Crippen LogP contribution in [0.2, 0.25) is 5.02 Å². The predicted molar refractivity (Wildman–Crippen MR) is 109 cm³/mol. The van der Waals surface area contributed by atoms with Crippen LogP contribution in [-0.4, -0.2) is 36.1 Å². The minimum Gasteiger partial charge on any atom is -0.497 e. The van der Waals surface area contributed by atoms with Gasteiger partial charge in [0.25, 0.3) is 11.1 Å². The molecule has 0 fully saturated rings. The number of nitrogens with zero attached hydrogens (tertiary/aromatic N) is 2. The van der Waals surface area contributed by atoms with E-state index in [-0.39, 0.29) is 27.6 Å². The van der Waals surface area contributed by atoms with E-state index in [1.165, 1.54) is 14.2 Å². The van der Waals surface area contributed by atoms with Crippen LogP contribution in [0, 0.1) is 0 Å². The molecule has 0 radical (unpaired) electrons. The topological polar surface area (TPSA) is 86.5 Å². The SMILES string of the molecule is COc1ccc(OC)c(-c2nnc(SCC(=O)Nc3cc(C(F)(F)F)ccc3Cl)o2)c1. The molecule has 3 rings (SSSR count). The fraction of sp³-hybridized carbons (Fsp3) is 0.211. The average molecular weight is 474 g/mol. The third-order valence-corrected chi connectivity index (χ3v) is 5.09. The lowest BCUT2D eigenvalue weighted by Gasteiger charge is -2.11. The molecule has 164 valence electrons. The van der Waals surface area contributed by atoms with Crippen molar-refractivity contribution < 1.29 is 31.9 Å². The first-order chi connectivity index (χ1) is 14.7. The highest BCUT2D eigenvalue weighted by Gasteiger charge is 2.31. The lowest BCUT2D eigenvalue weighted by Crippen LogP contribution is -2.15. The first kappa shape index (κ1) is 22.8. The summed E-state index contributed by atoms with van der Waals surface area (Å²) < 4.78 is 54.5. The van der Waals surface area contributed by atoms with Crippen molar-refractivity contribution in [2.24, 2.45) is 0 Å². The van der Waals surface area contributed by atoms with E-state index < -0.39 is 17.6 Å². The van der Waals surface area contributed by atoms with Gasteiger partial charge in [0.1, 0.15) is 11.5 Å². The number of aromatic nitrogens is 2. The maximum absolute atomic E-state index is 12.8. The summed E-state index contributed by atoms with van der Waals surface area (Å²) in [6.45, 7) is 0. The Bertz CT molecular complexity index is 1090. The van der Waals surface area contributed by atoms with Gasteiger partial charge in [-0.3, -0.25) is 4.79 Å². The summed E-state index contributed by atoms with van der Waals surface area (Å²) in [6.07, 6.45) is -4.56. The average Bonchev–Trinajstić information content (AvgIpc) is 3.21. The molecule has 31 heavy (non-hydrogen) atoms. The van der Waals surface area contributed by atoms with Crippen molar-refractivity contribution in [2.45, 2.75) is 11.4 Å². The van der Waals surface area contributed by atoms with Crippen LogP contribution in [0.15, 0.2) is 46.0 Å². The fourth-order valence-electron chi connectivity index (χ4n) is 2.47. The Hall–Kier alpha value is -2.92. The van der Waals surface area contributed by atoms with Gasteiger partial charge in [-0.25, -0.2) is 0 Å². The molecule has 1 N–H and O–H groups in total. The van der Waals surface area contributed by atoms with Gasteiger partial charge in [0.2, 0.25) is 5.91 Å². The van der Waals surface area contributed by atoms with Crippen LogP contribution in [0.25, 0.3) is 11.5 Å². The Morgan fingerprint density at radius 1 is 1.16 bits per heavy atom. The number of carbonyl (C=O) groups excluding carboxylic acids is 1. The van der Waals surface area contributed by atoms with Crippen LogP contribution in [-0.2, 0) is 11.0 Å². The van der Waals surface area contributed by atoms with Gasteiger partial charge in [-0.15, -0.1) is 10.2 Å². The number of ether oxygens (including phenoxy) is 2. The number of methoxy groups -OCH3 is 2. The number of hydrogen-bond acceptors (Lipinski definition) is 7. The van der Waals surface area contributed by atoms with E-state index in [0.29, 0.717) is 17.1 Å². The van der Waals surface area contributed by atoms with E-state index in [1.807, 2.05) is 0 Å². The standard InChI is InChI=1S/C19H15ClF3N3O4S/c1-28-11-4-6-15(29-2)12(8-11)17-25-26-18(30-17)31-9-16(27)24-14-7-10(19(21,22)23)3-5-13(14)20/h3-8H,9H2,1-2H3,(H,24,27). The van der Waals surface area contributed by atoms with Gasteiger partial charge in [-0.2, -0.15) is 13.2 Å². The number of amides is 1. The van der Waals surface area contributed by atoms with Crippen molar-refractivity contribution >= 4 is 35.0 Å². The van der Waals surface area contributed by atoms with Crippen molar-refractivity contribution in [2.75, 3.05) is 25.3 Å². The zero-order valence-electron chi connectivity index (χ0n) is 16.1. The Labute approximate surface area is 183 Å². The van der Waals surface area contributed by atoms with Crippen molar-refractivity contribution in [1.82, 2.24) is 10.2 Å². The predicted octanol–water partition coefficient (Wildman–Crippen LogP) is 5.16. The molecule has 1 heterocycles. The molecule has 1 aromatic heterocycles. The normalized spacial score (nSPS) is 11.3. The highest BCUT2D eigenvalue weighted by Crippen LogP contribution is 2.35. The van der Waals surface area contributed by atoms with Gasteiger partial charge in [0.15, 0.2) is 0 Å². The summed E-state index contributed by atoms with van der Waals surface area (Å²) >= 11 is 6.79. The van der Waals surface area contributed by atoms with Crippen LogP contribution in [0.3, 0.4) is 0 Å². The molecule has 0 aliphatic carbocycles. The van der Waals surface area contributed by atoms with E-state index in [1.54, 1.807) is 18.2 Å². The number of benzene rings is 2. The van der Waals surface area contributed by atoms with E-state index in [9.17, 15) is 18.0 Å². The molecule has 2 aromatic carbocycles. The molecule has 0 aliphatic heterocycles. The van der Waals surface area contributed by atoms with E-state index in [0.717, 1.165) is 30.0 Å². The zero-order valence-corrected chi connectivity index (χ0v) is 17.7. The van der Waals surface area contributed by atoms with Crippen LogP contribution in [0.5, 0.6) is 11.5 Å². The number of hydrogen-bond donors (Lipinski definition) is 1. The van der Waals surface area contributed by atoms with Crippen LogP contribution < -0.4 is 14.8 Å². The largest absolute Gasteiger partial charge is 0.497 e. The molecule has 12 heteroatoms. The first-order valence-electron chi connectivity index (χ1n) is 8.56. The Morgan fingerprint density at radius 2 is 1.94 bits per heavy atom. The van der Waals surface area contributed by atoms with Gasteiger partial charge in [-0.05, 0) is 36.4 Å². The maximum atomic E-state index is 12.8. The van der Waals surface area contributed by atoms with Crippen LogP contribution >= 0.6 is 23.4 Å². The number of nitrogens with one attached hydrogen (secondary N) is 1. The molecular formula is C19H15ClF3N3O4S. The number of carbonyl (C=O) groups is 1. The minimum atomic E-state index is -4.56. The van der Waals surface area contributed by atoms with Crippen molar-refractivity contribution in [3.05, 3.63) is 47.0 Å². The second-order valence-corrected chi connectivity index (χ2v) is 7.30. The highest BCUT2D eigenvalue weighted by molar-refractivity contribution is 7.99. The molecular weight excluding hydrogens is 459 g/mol. The number of rotatable bonds is 7. The van der Waals surface area contributed by atoms with E-state index >= 15 is 0 Å². The van der Waals surface area contributed by atoms with E-state index in [2.05, 4.69) is 15.5 Å². The van der Waals surface area contributed by atoms with Crippen LogP contribution in [0.1, 0.15) is 5.56 Å². The molecule has 0 saturated heterocycles. The molecule has 7 nitrogen and oxygen atoms in total. The molecule has 1 amide bonds. The number of thioether (sulfide) groups is 1. The molecule has 0 aliphatic rings. The molecule has 0 saturated carbocycles. The van der Waals surface area contributed by atoms with Gasteiger partial charge < -0.3 is 19.2 Å². The molecule has 0 spiro atoms. The number of alkyl halides is 3. The number of anilines is 1. The van der Waals surface area contributed by atoms with Crippen LogP contribution in [0.4, 0.5) is 18.9 Å². The zero-order chi connectivity index (χ0) is 22.6. The monoisotopic (exact) mass is 473 g/mol. The van der Waals surface area contributed by atoms with Gasteiger partial charge >= 0.3 is 6.18 Å². The molecule has 0 atom stereocenters. The Kier molecular flexibility index (Phi) is 6.96. The summed E-state index contributed by atoms with van der Waals surface area (Å²) in [6, 6.07) is 7.71. The lowest BCUT2D eigenvalue weighted by atomic mass is 10.2. The second-order valence-electron chi connectivity index (χ2n) is 5.97. The smallest absolute Gasteiger partial charge is 0.416 e. The second kappa shape index (κ2) is 9.48. The highest BCUT2D eigenvalue weighted by atomic mass is 35.5. The molecule has 0 unspecified atom stereocenters. The van der Waals surface area contributed by atoms with Gasteiger partial charge in [0, 0.05) is 0 Å². The van der Waals surface area contributed by atoms with Crippen molar-refractivity contribution in [3.8, 4) is 23.0 Å². The maximum Gasteiger partial charge on any atom is 0.416 e. The Morgan fingerprint density at radius 3 is 2.61 bits per heavy atom. The quantitative estimate of drug-likeness (QED) is 0.474. The summed E-state index contributed by atoms with van der Waals surface area (Å²) in [4.78, 5) is 12.2. The molecule has 0 bridgehead atoms. The Balaban J connectivity index is 1.67. The fourth-order valence-corrected chi connectivity index (χ4v) is 3.20. The summed E-state index contributed by atoms with van der Waals surface area (Å²) in [7, 11) is 3.00. The van der Waals surface area contributed by atoms with Crippen molar-refractivity contribution in [3.63, 3.8) is 0 Å². The summed E-state index contributed by atoms with van der Waals surface area (Å²) in [5.41, 5.74) is -0.565. The van der Waals surface area contributed by atoms with Crippen molar-refractivity contribution in [1.29, 1.82) is 0 Å². The van der Waals surface area contributed by atoms with Gasteiger partial charge in [-0.1, -0.05) is 23.4 Å². The van der Waals surface area contributed by atoms with E-state index in [4.69, 9.17) is 25.5 Å². The minimum absolute atomic E-state index is 0.0171. The van der Waals surface area contributed by atoms with Gasteiger partial charge in [0.05, 0.1) is 41.8 Å². The molecule has 3 aromatic rings. The third-order valence-electron chi connectivity index (χ3n) is 3.94.